The topological polar surface area (TPSA) is 89.5 Å². The van der Waals surface area contributed by atoms with Gasteiger partial charge in [-0.05, 0) is 55.3 Å². The molecule has 0 bridgehead atoms. The van der Waals surface area contributed by atoms with Gasteiger partial charge in [-0.25, -0.2) is 13.4 Å². The third-order valence-corrected chi connectivity index (χ3v) is 8.22. The number of carbonyl (C=O) groups is 1. The van der Waals surface area contributed by atoms with Gasteiger partial charge in [0.05, 0.1) is 34.5 Å². The highest BCUT2D eigenvalue weighted by Crippen LogP contribution is 2.32. The van der Waals surface area contributed by atoms with Gasteiger partial charge >= 0.3 is 0 Å². The Balaban J connectivity index is 1.53. The smallest absolute Gasteiger partial charge is 0.229 e. The first-order valence-electron chi connectivity index (χ1n) is 10.8. The van der Waals surface area contributed by atoms with E-state index in [0.717, 1.165) is 21.3 Å². The zero-order valence-electron chi connectivity index (χ0n) is 19.0. The maximum absolute atomic E-state index is 13.3. The van der Waals surface area contributed by atoms with E-state index in [1.807, 2.05) is 37.3 Å². The number of pyridine rings is 1. The van der Waals surface area contributed by atoms with Crippen molar-refractivity contribution >= 4 is 42.4 Å². The number of methoxy groups -OCH3 is 1. The van der Waals surface area contributed by atoms with Gasteiger partial charge in [0.15, 0.2) is 15.0 Å². The van der Waals surface area contributed by atoms with Crippen LogP contribution in [0.1, 0.15) is 24.0 Å². The van der Waals surface area contributed by atoms with Crippen LogP contribution < -0.4 is 9.64 Å². The van der Waals surface area contributed by atoms with E-state index in [-0.39, 0.29) is 29.4 Å². The predicted molar refractivity (Wildman–Crippen MR) is 134 cm³/mol. The van der Waals surface area contributed by atoms with Gasteiger partial charge in [0.25, 0.3) is 0 Å². The van der Waals surface area contributed by atoms with E-state index in [9.17, 15) is 13.2 Å². The largest absolute Gasteiger partial charge is 0.497 e. The number of sulfone groups is 1. The summed E-state index contributed by atoms with van der Waals surface area (Å²) >= 11 is 1.40. The average molecular weight is 496 g/mol. The fraction of sp³-hybridized carbons (Fsp3) is 0.240. The minimum absolute atomic E-state index is 0.0879. The summed E-state index contributed by atoms with van der Waals surface area (Å²) in [5.74, 6) is 0.433. The summed E-state index contributed by atoms with van der Waals surface area (Å²) in [5, 5.41) is 0.554. The second-order valence-electron chi connectivity index (χ2n) is 7.91. The summed E-state index contributed by atoms with van der Waals surface area (Å²) < 4.78 is 31.6. The Morgan fingerprint density at radius 3 is 2.62 bits per heavy atom. The number of amides is 1. The number of ether oxygens (including phenoxy) is 1. The molecule has 176 valence electrons. The van der Waals surface area contributed by atoms with Gasteiger partial charge < -0.3 is 4.74 Å². The van der Waals surface area contributed by atoms with Gasteiger partial charge in [0.1, 0.15) is 5.75 Å². The van der Waals surface area contributed by atoms with Crippen LogP contribution in [0.3, 0.4) is 0 Å². The number of fused-ring (bicyclic) bond motifs is 1. The molecule has 0 aliphatic carbocycles. The molecule has 0 radical (unpaired) electrons. The lowest BCUT2D eigenvalue weighted by atomic mass is 10.2. The summed E-state index contributed by atoms with van der Waals surface area (Å²) in [7, 11) is -1.85. The van der Waals surface area contributed by atoms with Crippen LogP contribution in [0.15, 0.2) is 71.9 Å². The van der Waals surface area contributed by atoms with Crippen molar-refractivity contribution in [3.05, 3.63) is 78.1 Å². The van der Waals surface area contributed by atoms with Gasteiger partial charge in [-0.1, -0.05) is 35.1 Å². The molecular formula is C25H25N3O4S2. The molecule has 2 heterocycles. The molecule has 0 saturated heterocycles. The second kappa shape index (κ2) is 10.3. The van der Waals surface area contributed by atoms with Crippen molar-refractivity contribution in [2.45, 2.75) is 31.2 Å². The first-order chi connectivity index (χ1) is 16.4. The number of benzene rings is 2. The lowest BCUT2D eigenvalue weighted by molar-refractivity contribution is -0.118. The number of hydrogen-bond donors (Lipinski definition) is 0. The Kier molecular flexibility index (Phi) is 7.23. The molecule has 7 nitrogen and oxygen atoms in total. The number of aromatic nitrogens is 2. The van der Waals surface area contributed by atoms with Crippen LogP contribution in [0.4, 0.5) is 5.13 Å². The maximum Gasteiger partial charge on any atom is 0.229 e. The highest BCUT2D eigenvalue weighted by Gasteiger charge is 2.22. The van der Waals surface area contributed by atoms with Crippen molar-refractivity contribution in [2.75, 3.05) is 17.8 Å². The SMILES string of the molecule is COc1ccc2nc(N(Cc3cccnc3)C(=O)CCCS(=O)(=O)c3ccc(C)cc3)sc2c1. The molecule has 0 aliphatic heterocycles. The minimum atomic E-state index is -3.46. The summed E-state index contributed by atoms with van der Waals surface area (Å²) in [6.45, 7) is 2.21. The van der Waals surface area contributed by atoms with E-state index >= 15 is 0 Å². The summed E-state index contributed by atoms with van der Waals surface area (Å²) in [6, 6.07) is 16.0. The van der Waals surface area contributed by atoms with Crippen LogP contribution in [0, 0.1) is 6.92 Å². The molecule has 0 unspecified atom stereocenters. The molecule has 34 heavy (non-hydrogen) atoms. The molecule has 0 N–H and O–H groups in total. The van der Waals surface area contributed by atoms with E-state index in [1.165, 1.54) is 11.3 Å². The van der Waals surface area contributed by atoms with Crippen molar-refractivity contribution < 1.29 is 17.9 Å². The molecule has 4 aromatic rings. The Morgan fingerprint density at radius 2 is 1.91 bits per heavy atom. The number of nitrogens with zero attached hydrogens (tertiary/aromatic N) is 3. The zero-order valence-corrected chi connectivity index (χ0v) is 20.6. The van der Waals surface area contributed by atoms with Crippen LogP contribution in [-0.4, -0.2) is 37.2 Å². The van der Waals surface area contributed by atoms with Crippen molar-refractivity contribution in [2.24, 2.45) is 0 Å². The number of rotatable bonds is 9. The van der Waals surface area contributed by atoms with Crippen LogP contribution in [0.2, 0.25) is 0 Å². The molecule has 0 atom stereocenters. The predicted octanol–water partition coefficient (Wildman–Crippen LogP) is 4.80. The van der Waals surface area contributed by atoms with Gasteiger partial charge in [-0.3, -0.25) is 14.7 Å². The number of thiazole rings is 1. The van der Waals surface area contributed by atoms with E-state index in [0.29, 0.717) is 17.4 Å². The Hall–Kier alpha value is -3.30. The third kappa shape index (κ3) is 5.60. The van der Waals surface area contributed by atoms with Crippen molar-refractivity contribution in [1.82, 2.24) is 9.97 Å². The first-order valence-corrected chi connectivity index (χ1v) is 13.3. The number of anilines is 1. The lowest BCUT2D eigenvalue weighted by Crippen LogP contribution is -2.30. The molecule has 0 aliphatic rings. The molecule has 0 fully saturated rings. The molecule has 0 saturated carbocycles. The van der Waals surface area contributed by atoms with E-state index in [4.69, 9.17) is 4.74 Å². The standard InChI is InChI=1S/C25H25N3O4S2/c1-18-7-10-21(11-8-18)34(30,31)14-4-6-24(29)28(17-19-5-3-13-26-16-19)25-27-22-12-9-20(32-2)15-23(22)33-25/h3,5,7-13,15-16H,4,6,14,17H2,1-2H3. The van der Waals surface area contributed by atoms with Gasteiger partial charge in [0.2, 0.25) is 5.91 Å². The number of carbonyl (C=O) groups excluding carboxylic acids is 1. The normalized spacial score (nSPS) is 11.5. The highest BCUT2D eigenvalue weighted by molar-refractivity contribution is 7.91. The van der Waals surface area contributed by atoms with Crippen molar-refractivity contribution in [3.63, 3.8) is 0 Å². The Morgan fingerprint density at radius 1 is 1.12 bits per heavy atom. The molecule has 9 heteroatoms. The van der Waals surface area contributed by atoms with Crippen LogP contribution >= 0.6 is 11.3 Å². The first kappa shape index (κ1) is 23.8. The monoisotopic (exact) mass is 495 g/mol. The zero-order chi connectivity index (χ0) is 24.1. The molecule has 2 aromatic carbocycles. The van der Waals surface area contributed by atoms with E-state index in [2.05, 4.69) is 9.97 Å². The second-order valence-corrected chi connectivity index (χ2v) is 11.0. The molecule has 0 spiro atoms. The average Bonchev–Trinajstić information content (AvgIpc) is 3.26. The van der Waals surface area contributed by atoms with Crippen LogP contribution in [0.25, 0.3) is 10.2 Å². The van der Waals surface area contributed by atoms with E-state index in [1.54, 1.807) is 48.7 Å². The van der Waals surface area contributed by atoms with Gasteiger partial charge in [-0.2, -0.15) is 0 Å². The summed E-state index contributed by atoms with van der Waals surface area (Å²) in [6.07, 6.45) is 3.69. The summed E-state index contributed by atoms with van der Waals surface area (Å²) in [5.41, 5.74) is 2.63. The van der Waals surface area contributed by atoms with Crippen molar-refractivity contribution in [1.29, 1.82) is 0 Å². The number of hydrogen-bond acceptors (Lipinski definition) is 7. The van der Waals surface area contributed by atoms with E-state index < -0.39 is 9.84 Å². The van der Waals surface area contributed by atoms with Gasteiger partial charge in [-0.15, -0.1) is 0 Å². The number of aryl methyl sites for hydroxylation is 1. The molecule has 4 rings (SSSR count). The fourth-order valence-corrected chi connectivity index (χ4v) is 5.81. The third-order valence-electron chi connectivity index (χ3n) is 5.36. The molecule has 2 aromatic heterocycles. The molecular weight excluding hydrogens is 470 g/mol. The minimum Gasteiger partial charge on any atom is -0.497 e. The van der Waals surface area contributed by atoms with Crippen molar-refractivity contribution in [3.8, 4) is 5.75 Å². The quantitative estimate of drug-likeness (QED) is 0.332. The van der Waals surface area contributed by atoms with Gasteiger partial charge in [0, 0.05) is 18.8 Å². The van der Waals surface area contributed by atoms with Crippen LogP contribution in [0.5, 0.6) is 5.75 Å². The maximum atomic E-state index is 13.3. The fourth-order valence-electron chi connectivity index (χ4n) is 3.48. The Labute approximate surface area is 203 Å². The lowest BCUT2D eigenvalue weighted by Gasteiger charge is -2.20. The van der Waals surface area contributed by atoms with Crippen LogP contribution in [-0.2, 0) is 21.2 Å². The highest BCUT2D eigenvalue weighted by atomic mass is 32.2. The molecule has 1 amide bonds. The Bertz CT molecular complexity index is 1380. The summed E-state index contributed by atoms with van der Waals surface area (Å²) in [4.78, 5) is 23.9.